The molecule has 4 nitrogen and oxygen atoms in total. The van der Waals surface area contributed by atoms with Gasteiger partial charge in [-0.15, -0.1) is 11.3 Å². The van der Waals surface area contributed by atoms with Crippen molar-refractivity contribution in [2.75, 3.05) is 0 Å². The van der Waals surface area contributed by atoms with Gasteiger partial charge < -0.3 is 4.74 Å². The third kappa shape index (κ3) is 1.48. The molecule has 1 aromatic rings. The Balaban J connectivity index is 2.63. The molecule has 1 aliphatic heterocycles. The fourth-order valence-electron chi connectivity index (χ4n) is 1.14. The quantitative estimate of drug-likeness (QED) is 0.759. The lowest BCUT2D eigenvalue weighted by molar-refractivity contribution is 0.232. The summed E-state index contributed by atoms with van der Waals surface area (Å²) < 4.78 is 27.1. The van der Waals surface area contributed by atoms with Gasteiger partial charge in [0.05, 0.1) is 11.2 Å². The average molecular weight is 217 g/mol. The summed E-state index contributed by atoms with van der Waals surface area (Å²) in [7, 11) is -3.60. The molecule has 0 spiro atoms. The molecular formula is C7H7NO3S2. The highest BCUT2D eigenvalue weighted by Crippen LogP contribution is 2.30. The highest BCUT2D eigenvalue weighted by Gasteiger charge is 2.20. The molecule has 13 heavy (non-hydrogen) atoms. The molecule has 0 fully saturated rings. The minimum atomic E-state index is -3.60. The van der Waals surface area contributed by atoms with E-state index in [1.165, 1.54) is 11.3 Å². The lowest BCUT2D eigenvalue weighted by Crippen LogP contribution is -2.14. The molecule has 0 amide bonds. The molecule has 2 N–H and O–H groups in total. The Hall–Kier alpha value is -0.850. The van der Waals surface area contributed by atoms with Crippen LogP contribution < -0.4 is 5.14 Å². The van der Waals surface area contributed by atoms with Crippen LogP contribution in [-0.2, 0) is 21.4 Å². The summed E-state index contributed by atoms with van der Waals surface area (Å²) in [5.74, 6) is 0. The second-order valence-corrected chi connectivity index (χ2v) is 5.04. The van der Waals surface area contributed by atoms with E-state index in [-0.39, 0.29) is 11.5 Å². The SMILES string of the molecule is NS(=O)(=O)c1csc2c1COC=C2. The minimum Gasteiger partial charge on any atom is -0.496 e. The molecule has 2 heterocycles. The third-order valence-electron chi connectivity index (χ3n) is 1.74. The number of primary sulfonamides is 1. The van der Waals surface area contributed by atoms with Crippen molar-refractivity contribution >= 4 is 27.4 Å². The largest absolute Gasteiger partial charge is 0.496 e. The third-order valence-corrected chi connectivity index (χ3v) is 3.85. The highest BCUT2D eigenvalue weighted by atomic mass is 32.2. The molecule has 0 aromatic carbocycles. The van der Waals surface area contributed by atoms with Crippen molar-refractivity contribution in [2.24, 2.45) is 5.14 Å². The van der Waals surface area contributed by atoms with Crippen LogP contribution in [0.2, 0.25) is 0 Å². The van der Waals surface area contributed by atoms with E-state index in [9.17, 15) is 8.42 Å². The van der Waals surface area contributed by atoms with E-state index in [0.29, 0.717) is 5.56 Å². The second-order valence-electron chi connectivity index (χ2n) is 2.60. The normalized spacial score (nSPS) is 15.2. The zero-order valence-electron chi connectivity index (χ0n) is 6.56. The summed E-state index contributed by atoms with van der Waals surface area (Å²) in [5, 5.41) is 6.57. The standard InChI is InChI=1S/C7H7NO3S2/c8-13(9,10)7-4-12-6-1-2-11-3-5(6)7/h1-2,4H,3H2,(H2,8,9,10). The van der Waals surface area contributed by atoms with Gasteiger partial charge in [-0.25, -0.2) is 13.6 Å². The average Bonchev–Trinajstić information content (AvgIpc) is 2.45. The summed E-state index contributed by atoms with van der Waals surface area (Å²) in [6.07, 6.45) is 3.28. The van der Waals surface area contributed by atoms with Crippen LogP contribution in [0.15, 0.2) is 16.5 Å². The maximum absolute atomic E-state index is 11.1. The second kappa shape index (κ2) is 2.83. The van der Waals surface area contributed by atoms with E-state index >= 15 is 0 Å². The lowest BCUT2D eigenvalue weighted by Gasteiger charge is -2.07. The molecule has 2 rings (SSSR count). The fraction of sp³-hybridized carbons (Fsp3) is 0.143. The first-order valence-corrected chi connectivity index (χ1v) is 5.93. The number of sulfonamides is 1. The Bertz CT molecular complexity index is 458. The molecule has 0 saturated carbocycles. The van der Waals surface area contributed by atoms with Crippen molar-refractivity contribution in [2.45, 2.75) is 11.5 Å². The number of fused-ring (bicyclic) bond motifs is 1. The number of ether oxygens (including phenoxy) is 1. The predicted octanol–water partition coefficient (Wildman–Crippen LogP) is 0.896. The van der Waals surface area contributed by atoms with E-state index in [4.69, 9.17) is 9.88 Å². The van der Waals surface area contributed by atoms with Crippen LogP contribution in [0.5, 0.6) is 0 Å². The fourth-order valence-corrected chi connectivity index (χ4v) is 3.22. The van der Waals surface area contributed by atoms with Crippen molar-refractivity contribution in [3.05, 3.63) is 22.1 Å². The Labute approximate surface area is 79.7 Å². The van der Waals surface area contributed by atoms with E-state index < -0.39 is 10.0 Å². The summed E-state index contributed by atoms with van der Waals surface area (Å²) in [6, 6.07) is 0. The Morgan fingerprint density at radius 2 is 2.31 bits per heavy atom. The van der Waals surface area contributed by atoms with Gasteiger partial charge in [0.2, 0.25) is 10.0 Å². The van der Waals surface area contributed by atoms with Gasteiger partial charge in [-0.05, 0) is 6.08 Å². The Kier molecular flexibility index (Phi) is 1.90. The summed E-state index contributed by atoms with van der Waals surface area (Å²) in [5.41, 5.74) is 0.662. The van der Waals surface area contributed by atoms with E-state index in [2.05, 4.69) is 0 Å². The van der Waals surface area contributed by atoms with Gasteiger partial charge in [-0.3, -0.25) is 0 Å². The zero-order valence-corrected chi connectivity index (χ0v) is 8.19. The number of nitrogens with two attached hydrogens (primary N) is 1. The Morgan fingerprint density at radius 1 is 1.54 bits per heavy atom. The van der Waals surface area contributed by atoms with Crippen LogP contribution >= 0.6 is 11.3 Å². The molecule has 70 valence electrons. The van der Waals surface area contributed by atoms with Crippen molar-refractivity contribution in [1.82, 2.24) is 0 Å². The molecule has 1 aliphatic rings. The first-order chi connectivity index (χ1) is 6.09. The van der Waals surface area contributed by atoms with Crippen LogP contribution in [0, 0.1) is 0 Å². The van der Waals surface area contributed by atoms with Crippen LogP contribution in [0.3, 0.4) is 0 Å². The Morgan fingerprint density at radius 3 is 3.00 bits per heavy atom. The van der Waals surface area contributed by atoms with Gasteiger partial charge >= 0.3 is 0 Å². The van der Waals surface area contributed by atoms with E-state index in [1.807, 2.05) is 0 Å². The van der Waals surface area contributed by atoms with Crippen LogP contribution in [-0.4, -0.2) is 8.42 Å². The molecule has 1 aromatic heterocycles. The number of hydrogen-bond acceptors (Lipinski definition) is 4. The molecule has 0 saturated heterocycles. The molecule has 0 radical (unpaired) electrons. The first kappa shape index (κ1) is 8.74. The van der Waals surface area contributed by atoms with E-state index in [0.717, 1.165) is 4.88 Å². The minimum absolute atomic E-state index is 0.178. The molecule has 0 atom stereocenters. The first-order valence-electron chi connectivity index (χ1n) is 3.50. The smallest absolute Gasteiger partial charge is 0.239 e. The lowest BCUT2D eigenvalue weighted by atomic mass is 10.2. The number of rotatable bonds is 1. The highest BCUT2D eigenvalue weighted by molar-refractivity contribution is 7.89. The van der Waals surface area contributed by atoms with Crippen molar-refractivity contribution in [1.29, 1.82) is 0 Å². The maximum Gasteiger partial charge on any atom is 0.239 e. The molecule has 0 unspecified atom stereocenters. The molecule has 0 bridgehead atoms. The van der Waals surface area contributed by atoms with Gasteiger partial charge in [0.15, 0.2) is 0 Å². The predicted molar refractivity (Wildman–Crippen MR) is 49.5 cm³/mol. The summed E-state index contributed by atoms with van der Waals surface area (Å²) in [6.45, 7) is 0.279. The summed E-state index contributed by atoms with van der Waals surface area (Å²) in [4.78, 5) is 1.08. The van der Waals surface area contributed by atoms with Crippen molar-refractivity contribution in [3.63, 3.8) is 0 Å². The van der Waals surface area contributed by atoms with Crippen molar-refractivity contribution in [3.8, 4) is 0 Å². The maximum atomic E-state index is 11.1. The molecular weight excluding hydrogens is 210 g/mol. The monoisotopic (exact) mass is 217 g/mol. The zero-order chi connectivity index (χ0) is 9.47. The van der Waals surface area contributed by atoms with Gasteiger partial charge in [0.1, 0.15) is 6.61 Å². The van der Waals surface area contributed by atoms with Crippen LogP contribution in [0.1, 0.15) is 10.4 Å². The summed E-state index contributed by atoms with van der Waals surface area (Å²) >= 11 is 1.35. The number of thiophene rings is 1. The van der Waals surface area contributed by atoms with Gasteiger partial charge in [0, 0.05) is 15.8 Å². The van der Waals surface area contributed by atoms with Gasteiger partial charge in [-0.2, -0.15) is 0 Å². The van der Waals surface area contributed by atoms with Gasteiger partial charge in [-0.1, -0.05) is 0 Å². The number of hydrogen-bond donors (Lipinski definition) is 1. The van der Waals surface area contributed by atoms with E-state index in [1.54, 1.807) is 17.7 Å². The molecule has 0 aliphatic carbocycles. The molecule has 6 heteroatoms. The topological polar surface area (TPSA) is 69.4 Å². The van der Waals surface area contributed by atoms with Gasteiger partial charge in [0.25, 0.3) is 0 Å². The van der Waals surface area contributed by atoms with Crippen molar-refractivity contribution < 1.29 is 13.2 Å². The van der Waals surface area contributed by atoms with Crippen LogP contribution in [0.4, 0.5) is 0 Å². The van der Waals surface area contributed by atoms with Crippen LogP contribution in [0.25, 0.3) is 6.08 Å².